The average molecular weight is 436 g/mol. The molecule has 1 unspecified atom stereocenters. The summed E-state index contributed by atoms with van der Waals surface area (Å²) in [6.45, 7) is 4.20. The van der Waals surface area contributed by atoms with Gasteiger partial charge < -0.3 is 32.2 Å². The van der Waals surface area contributed by atoms with Crippen LogP contribution in [0.3, 0.4) is 0 Å². The summed E-state index contributed by atoms with van der Waals surface area (Å²) in [6.07, 6.45) is 1.46. The topological polar surface area (TPSA) is 166 Å². The molecule has 5 amide bonds. The van der Waals surface area contributed by atoms with E-state index in [0.717, 1.165) is 5.56 Å². The van der Waals surface area contributed by atoms with Crippen molar-refractivity contribution < 1.29 is 23.9 Å². The molecule has 31 heavy (non-hydrogen) atoms. The van der Waals surface area contributed by atoms with Gasteiger partial charge in [-0.15, -0.1) is 0 Å². The highest BCUT2D eigenvalue weighted by Crippen LogP contribution is 2.09. The Hall–Kier alpha value is -3.30. The second-order valence-electron chi connectivity index (χ2n) is 7.32. The minimum Gasteiger partial charge on any atom is -0.445 e. The summed E-state index contributed by atoms with van der Waals surface area (Å²) in [7, 11) is 0. The number of carbonyl (C=O) groups excluding carboxylic acids is 4. The lowest BCUT2D eigenvalue weighted by atomic mass is 9.98. The zero-order valence-corrected chi connectivity index (χ0v) is 18.1. The van der Waals surface area contributed by atoms with Gasteiger partial charge in [0.2, 0.25) is 11.8 Å². The molecule has 1 aromatic rings. The molecule has 3 atom stereocenters. The first-order valence-corrected chi connectivity index (χ1v) is 10.3. The molecule has 1 rings (SSSR count). The van der Waals surface area contributed by atoms with Crippen LogP contribution >= 0.6 is 0 Å². The molecule has 0 aliphatic heterocycles. The lowest BCUT2D eigenvalue weighted by Crippen LogP contribution is -2.55. The summed E-state index contributed by atoms with van der Waals surface area (Å²) in [6, 6.07) is 6.71. The second-order valence-corrected chi connectivity index (χ2v) is 7.32. The van der Waals surface area contributed by atoms with Crippen LogP contribution in [0, 0.1) is 5.92 Å². The molecule has 0 heterocycles. The van der Waals surface area contributed by atoms with E-state index < -0.39 is 36.0 Å². The Bertz CT molecular complexity index is 728. The first-order valence-electron chi connectivity index (χ1n) is 10.3. The van der Waals surface area contributed by atoms with Gasteiger partial charge in [0, 0.05) is 6.54 Å². The zero-order chi connectivity index (χ0) is 23.2. The molecule has 0 aliphatic rings. The minimum atomic E-state index is -0.909. The molecule has 0 radical (unpaired) electrons. The Kier molecular flexibility index (Phi) is 11.5. The molecule has 7 N–H and O–H groups in total. The third-order valence-corrected chi connectivity index (χ3v) is 4.85. The van der Waals surface area contributed by atoms with Gasteiger partial charge in [-0.05, 0) is 30.7 Å². The smallest absolute Gasteiger partial charge is 0.407 e. The van der Waals surface area contributed by atoms with Gasteiger partial charge in [0.05, 0.1) is 0 Å². The highest BCUT2D eigenvalue weighted by molar-refractivity contribution is 5.91. The monoisotopic (exact) mass is 435 g/mol. The summed E-state index contributed by atoms with van der Waals surface area (Å²) in [5, 5.41) is 7.60. The first kappa shape index (κ1) is 25.7. The largest absolute Gasteiger partial charge is 0.445 e. The molecule has 172 valence electrons. The molecule has 0 bridgehead atoms. The highest BCUT2D eigenvalue weighted by atomic mass is 16.5. The fourth-order valence-corrected chi connectivity index (χ4v) is 2.86. The van der Waals surface area contributed by atoms with Gasteiger partial charge in [0.25, 0.3) is 0 Å². The molecule has 0 aliphatic carbocycles. The van der Waals surface area contributed by atoms with Gasteiger partial charge in [0.15, 0.2) is 0 Å². The summed E-state index contributed by atoms with van der Waals surface area (Å²) < 4.78 is 5.11. The fraction of sp³-hybridized carbons (Fsp3) is 0.524. The van der Waals surface area contributed by atoms with E-state index in [4.69, 9.17) is 16.2 Å². The number of hydrogen-bond donors (Lipinski definition) is 5. The predicted octanol–water partition coefficient (Wildman–Crippen LogP) is 1.14. The van der Waals surface area contributed by atoms with Gasteiger partial charge >= 0.3 is 12.1 Å². The molecule has 1 aromatic carbocycles. The fourth-order valence-electron chi connectivity index (χ4n) is 2.86. The van der Waals surface area contributed by atoms with Crippen molar-refractivity contribution in [3.8, 4) is 0 Å². The SMILES string of the molecule is CCC(C)[C@H](NC(=O)[C@@H](CCCCNC(=O)OCc1ccccc1)NC(N)=O)C(N)=O. The van der Waals surface area contributed by atoms with Crippen LogP contribution in [0.1, 0.15) is 45.1 Å². The van der Waals surface area contributed by atoms with Crippen molar-refractivity contribution >= 4 is 23.9 Å². The van der Waals surface area contributed by atoms with Crippen molar-refractivity contribution in [2.24, 2.45) is 17.4 Å². The van der Waals surface area contributed by atoms with Crippen molar-refractivity contribution in [3.63, 3.8) is 0 Å². The van der Waals surface area contributed by atoms with E-state index >= 15 is 0 Å². The lowest BCUT2D eigenvalue weighted by molar-refractivity contribution is -0.129. The van der Waals surface area contributed by atoms with E-state index in [0.29, 0.717) is 25.8 Å². The third kappa shape index (κ3) is 10.3. The summed E-state index contributed by atoms with van der Waals surface area (Å²) in [5.74, 6) is -1.32. The van der Waals surface area contributed by atoms with Crippen LogP contribution in [0.5, 0.6) is 0 Å². The van der Waals surface area contributed by atoms with E-state index in [1.165, 1.54) is 0 Å². The van der Waals surface area contributed by atoms with Gasteiger partial charge in [-0.2, -0.15) is 0 Å². The lowest BCUT2D eigenvalue weighted by Gasteiger charge is -2.24. The number of benzene rings is 1. The molecule has 0 spiro atoms. The van der Waals surface area contributed by atoms with Crippen molar-refractivity contribution in [2.45, 2.75) is 58.2 Å². The Morgan fingerprint density at radius 2 is 1.71 bits per heavy atom. The number of unbranched alkanes of at least 4 members (excludes halogenated alkanes) is 1. The van der Waals surface area contributed by atoms with Crippen LogP contribution in [0.25, 0.3) is 0 Å². The first-order chi connectivity index (χ1) is 14.7. The Balaban J connectivity index is 2.41. The third-order valence-electron chi connectivity index (χ3n) is 4.85. The summed E-state index contributed by atoms with van der Waals surface area (Å²) in [4.78, 5) is 47.1. The molecule has 10 heteroatoms. The van der Waals surface area contributed by atoms with Crippen molar-refractivity contribution in [2.75, 3.05) is 6.54 Å². The number of ether oxygens (including phenoxy) is 1. The average Bonchev–Trinajstić information content (AvgIpc) is 2.74. The number of primary amides is 2. The van der Waals surface area contributed by atoms with Crippen LogP contribution < -0.4 is 27.4 Å². The van der Waals surface area contributed by atoms with Gasteiger partial charge in [-0.1, -0.05) is 50.6 Å². The van der Waals surface area contributed by atoms with Crippen molar-refractivity contribution in [1.29, 1.82) is 0 Å². The molecule has 10 nitrogen and oxygen atoms in total. The number of amides is 5. The van der Waals surface area contributed by atoms with Gasteiger partial charge in [-0.3, -0.25) is 9.59 Å². The maximum atomic E-state index is 12.5. The molecule has 0 saturated heterocycles. The van der Waals surface area contributed by atoms with Crippen LogP contribution in [0.2, 0.25) is 0 Å². The van der Waals surface area contributed by atoms with Gasteiger partial charge in [0.1, 0.15) is 18.7 Å². The molecule has 0 saturated carbocycles. The Labute approximate surface area is 182 Å². The number of nitrogens with two attached hydrogens (primary N) is 2. The molecular weight excluding hydrogens is 402 g/mol. The quantitative estimate of drug-likeness (QED) is 0.293. The van der Waals surface area contributed by atoms with E-state index in [1.54, 1.807) is 6.92 Å². The van der Waals surface area contributed by atoms with Crippen LogP contribution in [0.15, 0.2) is 30.3 Å². The van der Waals surface area contributed by atoms with Crippen molar-refractivity contribution in [1.82, 2.24) is 16.0 Å². The molecule has 0 fully saturated rings. The van der Waals surface area contributed by atoms with E-state index in [9.17, 15) is 19.2 Å². The van der Waals surface area contributed by atoms with Crippen molar-refractivity contribution in [3.05, 3.63) is 35.9 Å². The maximum absolute atomic E-state index is 12.5. The van der Waals surface area contributed by atoms with Gasteiger partial charge in [-0.25, -0.2) is 9.59 Å². The van der Waals surface area contributed by atoms with Crippen LogP contribution in [-0.2, 0) is 20.9 Å². The Morgan fingerprint density at radius 3 is 2.29 bits per heavy atom. The number of carbonyl (C=O) groups is 4. The number of nitrogens with one attached hydrogen (secondary N) is 3. The maximum Gasteiger partial charge on any atom is 0.407 e. The molecular formula is C21H33N5O5. The van der Waals surface area contributed by atoms with Crippen LogP contribution in [-0.4, -0.2) is 42.6 Å². The standard InChI is InChI=1S/C21H33N5O5/c1-3-14(2)17(18(22)27)26-19(28)16(25-20(23)29)11-7-8-12-24-21(30)31-13-15-9-5-4-6-10-15/h4-6,9-10,14,16-17H,3,7-8,11-13H2,1-2H3,(H2,22,27)(H,24,30)(H,26,28)(H3,23,25,29)/t14?,16-,17+/m1/s1. The summed E-state index contributed by atoms with van der Waals surface area (Å²) in [5.41, 5.74) is 11.4. The zero-order valence-electron chi connectivity index (χ0n) is 18.1. The number of hydrogen-bond acceptors (Lipinski definition) is 5. The number of rotatable bonds is 13. The predicted molar refractivity (Wildman–Crippen MR) is 116 cm³/mol. The Morgan fingerprint density at radius 1 is 1.03 bits per heavy atom. The van der Waals surface area contributed by atoms with Crippen LogP contribution in [0.4, 0.5) is 9.59 Å². The highest BCUT2D eigenvalue weighted by Gasteiger charge is 2.27. The second kappa shape index (κ2) is 13.8. The molecule has 0 aromatic heterocycles. The number of alkyl carbamates (subject to hydrolysis) is 1. The van der Waals surface area contributed by atoms with E-state index in [1.807, 2.05) is 37.3 Å². The van der Waals surface area contributed by atoms with E-state index in [2.05, 4.69) is 16.0 Å². The number of urea groups is 1. The normalized spacial score (nSPS) is 13.4. The van der Waals surface area contributed by atoms with E-state index in [-0.39, 0.29) is 18.9 Å². The minimum absolute atomic E-state index is 0.151. The summed E-state index contributed by atoms with van der Waals surface area (Å²) >= 11 is 0.